The molecule has 172 valence electrons. The minimum Gasteiger partial charge on any atom is -0.477 e. The molecule has 3 aromatic rings. The van der Waals surface area contributed by atoms with Crippen molar-refractivity contribution in [1.29, 1.82) is 0 Å². The molecule has 1 saturated heterocycles. The Bertz CT molecular complexity index is 1210. The minimum absolute atomic E-state index is 0.0728. The van der Waals surface area contributed by atoms with Gasteiger partial charge in [0.05, 0.1) is 15.7 Å². The molecule has 2 aromatic heterocycles. The molecule has 2 aliphatic rings. The van der Waals surface area contributed by atoms with Gasteiger partial charge in [-0.25, -0.2) is 9.78 Å². The summed E-state index contributed by atoms with van der Waals surface area (Å²) in [6.07, 6.45) is 1.33. The zero-order chi connectivity index (χ0) is 23.3. The van der Waals surface area contributed by atoms with Gasteiger partial charge in [-0.15, -0.1) is 0 Å². The molecule has 0 bridgehead atoms. The van der Waals surface area contributed by atoms with E-state index in [0.29, 0.717) is 39.5 Å². The number of fused-ring (bicyclic) bond motifs is 1. The molecular formula is C23H22Cl2N4O3S. The maximum Gasteiger partial charge on any atom is 0.347 e. The molecule has 1 aliphatic heterocycles. The fraction of sp³-hybridized carbons (Fsp3) is 0.348. The van der Waals surface area contributed by atoms with Gasteiger partial charge in [-0.1, -0.05) is 64.9 Å². The number of amides is 1. The lowest BCUT2D eigenvalue weighted by Gasteiger charge is -2.19. The summed E-state index contributed by atoms with van der Waals surface area (Å²) in [5.41, 5.74) is 2.73. The van der Waals surface area contributed by atoms with Gasteiger partial charge >= 0.3 is 5.97 Å². The quantitative estimate of drug-likeness (QED) is 0.441. The smallest absolute Gasteiger partial charge is 0.347 e. The fourth-order valence-electron chi connectivity index (χ4n) is 4.57. The predicted octanol–water partition coefficient (Wildman–Crippen LogP) is 4.43. The molecule has 1 aromatic carbocycles. The number of hydrogen-bond acceptors (Lipinski definition) is 5. The van der Waals surface area contributed by atoms with Gasteiger partial charge in [-0.2, -0.15) is 0 Å². The van der Waals surface area contributed by atoms with Crippen LogP contribution in [0.2, 0.25) is 10.0 Å². The lowest BCUT2D eigenvalue weighted by Crippen LogP contribution is -2.34. The number of anilines is 1. The number of nitrogens with zero attached hydrogens (tertiary/aromatic N) is 2. The van der Waals surface area contributed by atoms with E-state index in [4.69, 9.17) is 23.2 Å². The third-order valence-corrected chi connectivity index (χ3v) is 8.51. The molecule has 2 fully saturated rings. The third-order valence-electron chi connectivity index (χ3n) is 6.42. The van der Waals surface area contributed by atoms with Crippen LogP contribution in [0.3, 0.4) is 0 Å². The highest BCUT2D eigenvalue weighted by molar-refractivity contribution is 7.17. The van der Waals surface area contributed by atoms with Crippen molar-refractivity contribution in [2.45, 2.75) is 25.8 Å². The van der Waals surface area contributed by atoms with Crippen LogP contribution in [0.5, 0.6) is 0 Å². The first kappa shape index (κ1) is 22.3. The SMILES string of the molecule is Cc1[nH]c(C(=O)NC2[C@H]3CN(c4nc(CCc5ccccc5)c(C(=O)O)s4)C[C@@H]23)c(Cl)c1Cl. The van der Waals surface area contributed by atoms with Crippen molar-refractivity contribution < 1.29 is 14.7 Å². The summed E-state index contributed by atoms with van der Waals surface area (Å²) in [6, 6.07) is 10.1. The molecule has 33 heavy (non-hydrogen) atoms. The Morgan fingerprint density at radius 2 is 1.88 bits per heavy atom. The molecule has 0 spiro atoms. The second-order valence-corrected chi connectivity index (χ2v) is 10.3. The van der Waals surface area contributed by atoms with Gasteiger partial charge in [0.15, 0.2) is 5.13 Å². The maximum atomic E-state index is 12.6. The molecule has 1 saturated carbocycles. The Hall–Kier alpha value is -2.55. The first-order valence-electron chi connectivity index (χ1n) is 10.7. The molecule has 7 nitrogen and oxygen atoms in total. The molecular weight excluding hydrogens is 483 g/mol. The molecule has 5 rings (SSSR count). The Kier molecular flexibility index (Phi) is 5.84. The minimum atomic E-state index is -0.937. The van der Waals surface area contributed by atoms with E-state index in [2.05, 4.69) is 20.2 Å². The number of benzene rings is 1. The Balaban J connectivity index is 1.22. The van der Waals surface area contributed by atoms with Gasteiger partial charge in [-0.05, 0) is 25.3 Å². The number of halogens is 2. The number of nitrogens with one attached hydrogen (secondary N) is 2. The van der Waals surface area contributed by atoms with Crippen molar-refractivity contribution >= 4 is 51.5 Å². The number of carbonyl (C=O) groups excluding carboxylic acids is 1. The Morgan fingerprint density at radius 1 is 1.18 bits per heavy atom. The number of piperidine rings is 1. The summed E-state index contributed by atoms with van der Waals surface area (Å²) in [4.78, 5) is 34.4. The maximum absolute atomic E-state index is 12.6. The molecule has 1 aliphatic carbocycles. The van der Waals surface area contributed by atoms with Gasteiger partial charge < -0.3 is 20.3 Å². The Morgan fingerprint density at radius 3 is 2.48 bits per heavy atom. The van der Waals surface area contributed by atoms with Crippen molar-refractivity contribution in [1.82, 2.24) is 15.3 Å². The van der Waals surface area contributed by atoms with E-state index in [1.807, 2.05) is 30.3 Å². The van der Waals surface area contributed by atoms with Crippen LogP contribution in [-0.4, -0.2) is 46.1 Å². The number of aromatic carboxylic acids is 1. The molecule has 1 unspecified atom stereocenters. The van der Waals surface area contributed by atoms with Crippen LogP contribution in [0.15, 0.2) is 30.3 Å². The number of carboxylic acid groups (broad SMARTS) is 1. The van der Waals surface area contributed by atoms with Crippen molar-refractivity contribution in [2.24, 2.45) is 11.8 Å². The number of thiazole rings is 1. The van der Waals surface area contributed by atoms with Crippen molar-refractivity contribution in [3.8, 4) is 0 Å². The van der Waals surface area contributed by atoms with Crippen LogP contribution < -0.4 is 10.2 Å². The molecule has 0 radical (unpaired) electrons. The highest BCUT2D eigenvalue weighted by Crippen LogP contribution is 2.48. The normalized spacial score (nSPS) is 21.2. The summed E-state index contributed by atoms with van der Waals surface area (Å²) in [5, 5.41) is 14.0. The molecule has 10 heteroatoms. The second kappa shape index (κ2) is 8.66. The summed E-state index contributed by atoms with van der Waals surface area (Å²) >= 11 is 13.5. The summed E-state index contributed by atoms with van der Waals surface area (Å²) in [6.45, 7) is 3.24. The number of rotatable bonds is 7. The molecule has 1 amide bonds. The van der Waals surface area contributed by atoms with E-state index in [9.17, 15) is 14.7 Å². The number of aromatic amines is 1. The van der Waals surface area contributed by atoms with Crippen molar-refractivity contribution in [2.75, 3.05) is 18.0 Å². The monoisotopic (exact) mass is 504 g/mol. The lowest BCUT2D eigenvalue weighted by molar-refractivity contribution is 0.0700. The second-order valence-electron chi connectivity index (χ2n) is 8.55. The van der Waals surface area contributed by atoms with Gasteiger partial charge in [0.2, 0.25) is 0 Å². The Labute approximate surface area is 204 Å². The zero-order valence-electron chi connectivity index (χ0n) is 17.8. The van der Waals surface area contributed by atoms with Crippen LogP contribution in [0.1, 0.15) is 37.1 Å². The van der Waals surface area contributed by atoms with Gasteiger partial charge in [0.1, 0.15) is 10.6 Å². The number of H-pyrrole nitrogens is 1. The molecule has 3 atom stereocenters. The van der Waals surface area contributed by atoms with Crippen LogP contribution >= 0.6 is 34.5 Å². The number of carboxylic acids is 1. The van der Waals surface area contributed by atoms with E-state index < -0.39 is 5.97 Å². The van der Waals surface area contributed by atoms with E-state index in [1.54, 1.807) is 6.92 Å². The average molecular weight is 505 g/mol. The lowest BCUT2D eigenvalue weighted by atomic mass is 10.1. The third kappa shape index (κ3) is 4.23. The molecule has 3 N–H and O–H groups in total. The zero-order valence-corrected chi connectivity index (χ0v) is 20.1. The summed E-state index contributed by atoms with van der Waals surface area (Å²) in [7, 11) is 0. The number of aromatic nitrogens is 2. The van der Waals surface area contributed by atoms with Crippen LogP contribution in [0.25, 0.3) is 0 Å². The number of aryl methyl sites for hydroxylation is 3. The molecule has 3 heterocycles. The van der Waals surface area contributed by atoms with Crippen LogP contribution in [0, 0.1) is 18.8 Å². The highest BCUT2D eigenvalue weighted by atomic mass is 35.5. The largest absolute Gasteiger partial charge is 0.477 e. The standard InChI is InChI=1S/C23H22Cl2N4O3S/c1-11-16(24)17(25)19(26-11)21(30)28-18-13-9-29(10-14(13)18)23-27-15(20(33-23)22(31)32)8-7-12-5-3-2-4-6-12/h2-6,13-14,18,26H,7-10H2,1H3,(H,28,30)(H,31,32)/t13-,14+,18?. The first-order chi connectivity index (χ1) is 15.8. The summed E-state index contributed by atoms with van der Waals surface area (Å²) < 4.78 is 0. The highest BCUT2D eigenvalue weighted by Gasteiger charge is 2.57. The fourth-order valence-corrected chi connectivity index (χ4v) is 5.95. The van der Waals surface area contributed by atoms with Gasteiger partial charge in [-0.3, -0.25) is 4.79 Å². The van der Waals surface area contributed by atoms with Crippen LogP contribution in [-0.2, 0) is 12.8 Å². The number of hydrogen-bond donors (Lipinski definition) is 3. The number of carbonyl (C=O) groups is 2. The topological polar surface area (TPSA) is 98.3 Å². The predicted molar refractivity (Wildman–Crippen MR) is 129 cm³/mol. The van der Waals surface area contributed by atoms with E-state index >= 15 is 0 Å². The van der Waals surface area contributed by atoms with Crippen molar-refractivity contribution in [3.63, 3.8) is 0 Å². The van der Waals surface area contributed by atoms with E-state index in [1.165, 1.54) is 11.3 Å². The van der Waals surface area contributed by atoms with Crippen LogP contribution in [0.4, 0.5) is 5.13 Å². The summed E-state index contributed by atoms with van der Waals surface area (Å²) in [5.74, 6) is -0.576. The van der Waals surface area contributed by atoms with E-state index in [0.717, 1.165) is 30.2 Å². The van der Waals surface area contributed by atoms with E-state index in [-0.39, 0.29) is 22.7 Å². The first-order valence-corrected chi connectivity index (χ1v) is 12.3. The average Bonchev–Trinajstić information content (AvgIpc) is 3.17. The van der Waals surface area contributed by atoms with Crippen molar-refractivity contribution in [3.05, 3.63) is 67.9 Å². The van der Waals surface area contributed by atoms with Gasteiger partial charge in [0, 0.05) is 36.7 Å². The van der Waals surface area contributed by atoms with Gasteiger partial charge in [0.25, 0.3) is 5.91 Å².